The molecule has 15 heteroatoms. The van der Waals surface area contributed by atoms with Crippen molar-refractivity contribution in [2.45, 2.75) is 123 Å². The summed E-state index contributed by atoms with van der Waals surface area (Å²) in [6.07, 6.45) is 8.37. The van der Waals surface area contributed by atoms with E-state index in [1.54, 1.807) is 64.1 Å². The first kappa shape index (κ1) is 47.3. The molecule has 15 nitrogen and oxygen atoms in total. The maximum absolute atomic E-state index is 14.3. The number of nitrogens with one attached hydrogen (secondary N) is 4. The van der Waals surface area contributed by atoms with Crippen LogP contribution in [0, 0.1) is 17.8 Å². The van der Waals surface area contributed by atoms with Crippen LogP contribution in [0.4, 0.5) is 0 Å². The Morgan fingerprint density at radius 1 is 1.03 bits per heavy atom. The molecule has 1 fully saturated rings. The highest BCUT2D eigenvalue weighted by molar-refractivity contribution is 5.93. The van der Waals surface area contributed by atoms with E-state index in [0.717, 1.165) is 0 Å². The summed E-state index contributed by atoms with van der Waals surface area (Å²) in [5, 5.41) is 42.3. The van der Waals surface area contributed by atoms with E-state index >= 15 is 0 Å². The van der Waals surface area contributed by atoms with Crippen molar-refractivity contribution in [3.63, 3.8) is 0 Å². The smallest absolute Gasteiger partial charge is 0.325 e. The Morgan fingerprint density at radius 3 is 2.41 bits per heavy atom. The molecule has 3 rings (SSSR count). The molecule has 2 aliphatic heterocycles. The number of cyclic esters (lactones) is 1. The molecule has 2 heterocycles. The van der Waals surface area contributed by atoms with Crippen molar-refractivity contribution in [3.8, 4) is 5.75 Å². The van der Waals surface area contributed by atoms with Crippen LogP contribution >= 0.6 is 0 Å². The van der Waals surface area contributed by atoms with Crippen LogP contribution in [-0.4, -0.2) is 98.7 Å². The molecule has 0 aliphatic carbocycles. The van der Waals surface area contributed by atoms with Crippen LogP contribution in [0.3, 0.4) is 0 Å². The van der Waals surface area contributed by atoms with Gasteiger partial charge in [-0.15, -0.1) is 0 Å². The number of carbonyl (C=O) groups excluding carboxylic acids is 6. The molecule has 4 amide bonds. The van der Waals surface area contributed by atoms with E-state index in [2.05, 4.69) is 21.4 Å². The van der Waals surface area contributed by atoms with E-state index in [9.17, 15) is 44.1 Å². The van der Waals surface area contributed by atoms with E-state index in [-0.39, 0.29) is 54.9 Å². The molecule has 1 aromatic rings. The molecule has 8 atom stereocenters. The minimum atomic E-state index is -1.43. The first-order valence-corrected chi connectivity index (χ1v) is 19.9. The maximum Gasteiger partial charge on any atom is 0.325 e. The molecule has 1 saturated heterocycles. The number of Topliss-reactive ketones (excluding diaryl/α,β-unsaturated/α-hetero) is 1. The fourth-order valence-electron chi connectivity index (χ4n) is 6.58. The molecule has 7 N–H and O–H groups in total. The summed E-state index contributed by atoms with van der Waals surface area (Å²) in [4.78, 5) is 80.2. The molecule has 2 bridgehead atoms. The quantitative estimate of drug-likeness (QED) is 0.109. The van der Waals surface area contributed by atoms with Gasteiger partial charge in [-0.25, -0.2) is 5.43 Å². The monoisotopic (exact) mass is 807 g/mol. The number of aliphatic hydroxyl groups excluding tert-OH is 2. The average molecular weight is 808 g/mol. The van der Waals surface area contributed by atoms with Crippen molar-refractivity contribution in [1.29, 1.82) is 0 Å². The molecule has 58 heavy (non-hydrogen) atoms. The Bertz CT molecular complexity index is 1740. The van der Waals surface area contributed by atoms with Crippen molar-refractivity contribution >= 4 is 35.4 Å². The third-order valence-corrected chi connectivity index (χ3v) is 10.1. The number of rotatable bonds is 9. The molecule has 318 valence electrons. The number of allylic oxidation sites excluding steroid dienone is 4. The number of ketones is 1. The summed E-state index contributed by atoms with van der Waals surface area (Å²) < 4.78 is 6.00. The molecule has 0 aromatic heterocycles. The molecule has 0 spiro atoms. The number of hydrazine groups is 1. The minimum absolute atomic E-state index is 0.0342. The molecule has 1 aromatic carbocycles. The Balaban J connectivity index is 2.08. The van der Waals surface area contributed by atoms with Crippen LogP contribution < -0.4 is 21.4 Å². The largest absolute Gasteiger partial charge is 0.508 e. The number of aliphatic hydroxyl groups is 2. The zero-order chi connectivity index (χ0) is 43.1. The lowest BCUT2D eigenvalue weighted by Crippen LogP contribution is -2.59. The highest BCUT2D eigenvalue weighted by Crippen LogP contribution is 2.26. The fraction of sp³-hybridized carbons (Fsp3) is 0.535. The Kier molecular flexibility index (Phi) is 18.5. The standard InChI is InChI=1S/C43H61N5O10/c1-25(2)37-41(55)46-38(30-15-12-16-31(50)24-30)42(56)48-23-13-17-33(47-48)43(57)58-35(27(5)14-11-20-36(52)44-26(3)4)19-10-8-9-18-34(51)29(7)39(53)32(40(54)45-37)22-21-28(6)49/h8-12,14-16,18,20,24-26,29,32-35,37-39,47,50-51,53H,13,17,19,21-23H2,1-7H3,(H,44,52)(H,45,54)(H,46,55)/b10-8+,18-9+,20-11+,27-14+/t29-,32+,33?,34-,35-,37-,38?,39+/m0/s1. The molecule has 0 saturated carbocycles. The van der Waals surface area contributed by atoms with Gasteiger partial charge in [-0.1, -0.05) is 69.4 Å². The number of phenols is 1. The number of aromatic hydroxyl groups is 1. The van der Waals surface area contributed by atoms with E-state index in [4.69, 9.17) is 4.74 Å². The van der Waals surface area contributed by atoms with E-state index in [1.165, 1.54) is 42.3 Å². The summed E-state index contributed by atoms with van der Waals surface area (Å²) in [5.74, 6) is -5.96. The molecule has 2 aliphatic rings. The number of ether oxygens (including phenoxy) is 1. The Hall–Kier alpha value is -5.12. The summed E-state index contributed by atoms with van der Waals surface area (Å²) in [7, 11) is 0. The summed E-state index contributed by atoms with van der Waals surface area (Å²) in [5.41, 5.74) is 3.82. The van der Waals surface area contributed by atoms with E-state index < -0.39 is 77.9 Å². The first-order chi connectivity index (χ1) is 27.4. The van der Waals surface area contributed by atoms with Gasteiger partial charge < -0.3 is 40.8 Å². The Morgan fingerprint density at radius 2 is 1.76 bits per heavy atom. The third kappa shape index (κ3) is 14.4. The predicted octanol–water partition coefficient (Wildman–Crippen LogP) is 2.98. The van der Waals surface area contributed by atoms with Crippen LogP contribution in [0.5, 0.6) is 5.75 Å². The van der Waals surface area contributed by atoms with Gasteiger partial charge in [-0.2, -0.15) is 0 Å². The van der Waals surface area contributed by atoms with Gasteiger partial charge in [0.15, 0.2) is 0 Å². The van der Waals surface area contributed by atoms with E-state index in [1.807, 2.05) is 13.8 Å². The number of fused-ring (bicyclic) bond motifs is 2. The van der Waals surface area contributed by atoms with Crippen molar-refractivity contribution in [2.24, 2.45) is 17.8 Å². The van der Waals surface area contributed by atoms with Crippen LogP contribution in [0.1, 0.15) is 92.2 Å². The van der Waals surface area contributed by atoms with Crippen molar-refractivity contribution in [1.82, 2.24) is 26.4 Å². The number of esters is 1. The molecular weight excluding hydrogens is 746 g/mol. The number of phenolic OH excluding ortho intramolecular Hbond substituents is 1. The second-order valence-electron chi connectivity index (χ2n) is 15.7. The lowest BCUT2D eigenvalue weighted by molar-refractivity contribution is -0.156. The van der Waals surface area contributed by atoms with Crippen LogP contribution in [0.15, 0.2) is 72.4 Å². The highest BCUT2D eigenvalue weighted by atomic mass is 16.5. The normalized spacial score (nSPS) is 28.5. The molecule has 2 unspecified atom stereocenters. The number of carbonyl (C=O) groups is 6. The van der Waals surface area contributed by atoms with Crippen molar-refractivity contribution in [2.75, 3.05) is 6.54 Å². The minimum Gasteiger partial charge on any atom is -0.508 e. The van der Waals surface area contributed by atoms with Crippen molar-refractivity contribution < 1.29 is 48.8 Å². The van der Waals surface area contributed by atoms with Crippen molar-refractivity contribution in [3.05, 3.63) is 77.9 Å². The summed E-state index contributed by atoms with van der Waals surface area (Å²) >= 11 is 0. The third-order valence-electron chi connectivity index (χ3n) is 10.1. The van der Waals surface area contributed by atoms with Gasteiger partial charge >= 0.3 is 5.97 Å². The second kappa shape index (κ2) is 22.7. The maximum atomic E-state index is 14.3. The number of hydrogen-bond acceptors (Lipinski definition) is 11. The van der Waals surface area contributed by atoms with Gasteiger partial charge in [-0.05, 0) is 76.1 Å². The summed E-state index contributed by atoms with van der Waals surface area (Å²) in [6.45, 7) is 11.9. The molecular formula is C43H61N5O10. The summed E-state index contributed by atoms with van der Waals surface area (Å²) in [6, 6.07) is 2.22. The number of nitrogens with zero attached hydrogens (tertiary/aromatic N) is 1. The van der Waals surface area contributed by atoms with Gasteiger partial charge in [0.1, 0.15) is 35.8 Å². The number of hydrogen-bond donors (Lipinski definition) is 7. The predicted molar refractivity (Wildman–Crippen MR) is 217 cm³/mol. The molecule has 0 radical (unpaired) electrons. The van der Waals surface area contributed by atoms with Crippen LogP contribution in [0.25, 0.3) is 0 Å². The van der Waals surface area contributed by atoms with Crippen LogP contribution in [0.2, 0.25) is 0 Å². The van der Waals surface area contributed by atoms with Gasteiger partial charge in [0.2, 0.25) is 17.7 Å². The van der Waals surface area contributed by atoms with Gasteiger partial charge in [0, 0.05) is 37.4 Å². The van der Waals surface area contributed by atoms with Gasteiger partial charge in [0.05, 0.1) is 18.1 Å². The zero-order valence-electron chi connectivity index (χ0n) is 34.5. The van der Waals surface area contributed by atoms with Gasteiger partial charge in [-0.3, -0.25) is 29.0 Å². The highest BCUT2D eigenvalue weighted by Gasteiger charge is 2.39. The lowest BCUT2D eigenvalue weighted by Gasteiger charge is -2.36. The zero-order valence-corrected chi connectivity index (χ0v) is 34.5. The van der Waals surface area contributed by atoms with Gasteiger partial charge in [0.25, 0.3) is 5.91 Å². The van der Waals surface area contributed by atoms with E-state index in [0.29, 0.717) is 18.4 Å². The number of benzene rings is 1. The fourth-order valence-corrected chi connectivity index (χ4v) is 6.58. The average Bonchev–Trinajstić information content (AvgIpc) is 3.16. The topological polar surface area (TPSA) is 224 Å². The number of amides is 4. The first-order valence-electron chi connectivity index (χ1n) is 19.9. The second-order valence-corrected chi connectivity index (χ2v) is 15.7. The Labute approximate surface area is 341 Å². The SMILES string of the molecule is CC(=O)CC[C@H]1C(=O)N[C@@H](C(C)C)C(=O)NC(c2cccc(O)c2)C(=O)N2CCCC(N2)C(=O)O[C@H](/C(C)=C/C=C/C(=O)NC(C)C)C/C=C/C=C/[C@H](O)[C@H](C)[C@H]1O. The van der Waals surface area contributed by atoms with Crippen LogP contribution in [-0.2, 0) is 33.5 Å². The lowest BCUT2D eigenvalue weighted by atomic mass is 9.84.